The Kier molecular flexibility index (Phi) is 5.62. The number of amides is 1. The molecule has 1 rings (SSSR count). The van der Waals surface area contributed by atoms with Crippen molar-refractivity contribution in [1.82, 2.24) is 5.32 Å². The van der Waals surface area contributed by atoms with Crippen molar-refractivity contribution in [3.63, 3.8) is 0 Å². The van der Waals surface area contributed by atoms with Gasteiger partial charge in [0.2, 0.25) is 0 Å². The summed E-state index contributed by atoms with van der Waals surface area (Å²) in [5.41, 5.74) is 6.58. The minimum Gasteiger partial charge on any atom is -0.480 e. The normalized spacial score (nSPS) is 13.8. The maximum absolute atomic E-state index is 11.8. The van der Waals surface area contributed by atoms with E-state index in [-0.39, 0.29) is 11.9 Å². The first-order valence-electron chi connectivity index (χ1n) is 5.87. The molecular weight excluding hydrogens is 296 g/mol. The molecule has 0 aliphatic carbocycles. The average Bonchev–Trinajstić information content (AvgIpc) is 2.32. The molecule has 0 radical (unpaired) electrons. The second-order valence-corrected chi connectivity index (χ2v) is 5.19. The van der Waals surface area contributed by atoms with Crippen LogP contribution >= 0.6 is 15.9 Å². The van der Waals surface area contributed by atoms with Crippen molar-refractivity contribution in [2.24, 2.45) is 5.73 Å². The fraction of sp³-hybridized carbons (Fsp3) is 0.462. The van der Waals surface area contributed by atoms with Crippen LogP contribution in [0.2, 0.25) is 0 Å². The van der Waals surface area contributed by atoms with Gasteiger partial charge < -0.3 is 15.8 Å². The molecule has 4 nitrogen and oxygen atoms in total. The fourth-order valence-corrected chi connectivity index (χ4v) is 1.95. The molecule has 0 saturated carbocycles. The molecule has 1 aromatic carbocycles. The summed E-state index contributed by atoms with van der Waals surface area (Å²) in [5, 5.41) is 2.78. The molecule has 3 N–H and O–H groups in total. The average molecular weight is 315 g/mol. The van der Waals surface area contributed by atoms with E-state index in [1.165, 1.54) is 0 Å². The van der Waals surface area contributed by atoms with E-state index in [0.717, 1.165) is 10.0 Å². The molecule has 2 atom stereocenters. The Morgan fingerprint density at radius 3 is 2.72 bits per heavy atom. The van der Waals surface area contributed by atoms with Gasteiger partial charge in [-0.05, 0) is 54.4 Å². The lowest BCUT2D eigenvalue weighted by Crippen LogP contribution is -2.44. The van der Waals surface area contributed by atoms with E-state index in [0.29, 0.717) is 12.3 Å². The van der Waals surface area contributed by atoms with Gasteiger partial charge in [-0.1, -0.05) is 6.07 Å². The minimum atomic E-state index is -0.557. The van der Waals surface area contributed by atoms with Crippen LogP contribution in [0.3, 0.4) is 0 Å². The molecule has 5 heteroatoms. The molecule has 0 heterocycles. The summed E-state index contributed by atoms with van der Waals surface area (Å²) in [6.07, 6.45) is -0.557. The summed E-state index contributed by atoms with van der Waals surface area (Å²) >= 11 is 3.41. The van der Waals surface area contributed by atoms with Crippen LogP contribution in [0.5, 0.6) is 5.75 Å². The lowest BCUT2D eigenvalue weighted by atomic mass is 10.2. The Balaban J connectivity index is 2.63. The molecule has 1 unspecified atom stereocenters. The molecule has 0 bridgehead atoms. The second-order valence-electron chi connectivity index (χ2n) is 4.34. The van der Waals surface area contributed by atoms with Crippen molar-refractivity contribution in [2.75, 3.05) is 6.54 Å². The lowest BCUT2D eigenvalue weighted by Gasteiger charge is -2.18. The zero-order chi connectivity index (χ0) is 13.7. The first kappa shape index (κ1) is 15.0. The van der Waals surface area contributed by atoms with Crippen LogP contribution in [-0.2, 0) is 4.79 Å². The number of rotatable bonds is 5. The standard InChI is InChI=1S/C13H19BrN2O2/c1-8-4-5-12(11(14)6-8)18-10(3)13(17)16-9(2)7-15/h4-6,9-10H,7,15H2,1-3H3,(H,16,17)/t9-,10?/m0/s1. The molecule has 100 valence electrons. The highest BCUT2D eigenvalue weighted by atomic mass is 79.9. The van der Waals surface area contributed by atoms with Gasteiger partial charge in [-0.3, -0.25) is 4.79 Å². The van der Waals surface area contributed by atoms with E-state index in [1.54, 1.807) is 6.92 Å². The van der Waals surface area contributed by atoms with Gasteiger partial charge in [0.25, 0.3) is 5.91 Å². The summed E-state index contributed by atoms with van der Waals surface area (Å²) in [4.78, 5) is 11.8. The summed E-state index contributed by atoms with van der Waals surface area (Å²) in [5.74, 6) is 0.490. The van der Waals surface area contributed by atoms with Crippen molar-refractivity contribution in [1.29, 1.82) is 0 Å². The summed E-state index contributed by atoms with van der Waals surface area (Å²) < 4.78 is 6.45. The summed E-state index contributed by atoms with van der Waals surface area (Å²) in [7, 11) is 0. The first-order valence-corrected chi connectivity index (χ1v) is 6.66. The third kappa shape index (κ3) is 4.31. The largest absolute Gasteiger partial charge is 0.480 e. The molecular formula is C13H19BrN2O2. The van der Waals surface area contributed by atoms with Gasteiger partial charge in [0, 0.05) is 12.6 Å². The zero-order valence-electron chi connectivity index (χ0n) is 10.9. The molecule has 1 aromatic rings. The second kappa shape index (κ2) is 6.75. The van der Waals surface area contributed by atoms with Gasteiger partial charge in [0.15, 0.2) is 6.10 Å². The predicted molar refractivity (Wildman–Crippen MR) is 75.6 cm³/mol. The quantitative estimate of drug-likeness (QED) is 0.873. The number of benzene rings is 1. The molecule has 0 aliphatic heterocycles. The predicted octanol–water partition coefficient (Wildman–Crippen LogP) is 1.99. The van der Waals surface area contributed by atoms with Crippen LogP contribution in [0.1, 0.15) is 19.4 Å². The van der Waals surface area contributed by atoms with E-state index in [4.69, 9.17) is 10.5 Å². The van der Waals surface area contributed by atoms with Gasteiger partial charge in [-0.25, -0.2) is 0 Å². The van der Waals surface area contributed by atoms with E-state index >= 15 is 0 Å². The highest BCUT2D eigenvalue weighted by Gasteiger charge is 2.17. The van der Waals surface area contributed by atoms with Gasteiger partial charge in [-0.15, -0.1) is 0 Å². The topological polar surface area (TPSA) is 64.3 Å². The number of carbonyl (C=O) groups is 1. The van der Waals surface area contributed by atoms with Crippen LogP contribution in [-0.4, -0.2) is 24.6 Å². The number of halogens is 1. The fourth-order valence-electron chi connectivity index (χ4n) is 1.36. The smallest absolute Gasteiger partial charge is 0.261 e. The molecule has 1 amide bonds. The molecule has 18 heavy (non-hydrogen) atoms. The van der Waals surface area contributed by atoms with Gasteiger partial charge in [0.05, 0.1) is 4.47 Å². The Bertz CT molecular complexity index is 423. The maximum atomic E-state index is 11.8. The highest BCUT2D eigenvalue weighted by Crippen LogP contribution is 2.26. The number of nitrogens with one attached hydrogen (secondary N) is 1. The van der Waals surface area contributed by atoms with Crippen molar-refractivity contribution in [3.05, 3.63) is 28.2 Å². The summed E-state index contributed by atoms with van der Waals surface area (Å²) in [6, 6.07) is 5.68. The molecule has 0 saturated heterocycles. The van der Waals surface area contributed by atoms with Crippen LogP contribution in [0.15, 0.2) is 22.7 Å². The van der Waals surface area contributed by atoms with Crippen molar-refractivity contribution in [3.8, 4) is 5.75 Å². The zero-order valence-corrected chi connectivity index (χ0v) is 12.5. The Labute approximate surface area is 116 Å². The molecule has 0 fully saturated rings. The van der Waals surface area contributed by atoms with E-state index in [1.807, 2.05) is 32.0 Å². The number of ether oxygens (including phenoxy) is 1. The molecule has 0 spiro atoms. The molecule has 0 aliphatic rings. The monoisotopic (exact) mass is 314 g/mol. The Morgan fingerprint density at radius 2 is 2.17 bits per heavy atom. The number of hydrogen-bond donors (Lipinski definition) is 2. The third-order valence-corrected chi connectivity index (χ3v) is 3.12. The minimum absolute atomic E-state index is 0.0509. The number of hydrogen-bond acceptors (Lipinski definition) is 3. The maximum Gasteiger partial charge on any atom is 0.261 e. The van der Waals surface area contributed by atoms with Gasteiger partial charge >= 0.3 is 0 Å². The van der Waals surface area contributed by atoms with Crippen LogP contribution in [0.25, 0.3) is 0 Å². The van der Waals surface area contributed by atoms with Gasteiger partial charge in [-0.2, -0.15) is 0 Å². The van der Waals surface area contributed by atoms with E-state index in [2.05, 4.69) is 21.2 Å². The molecule has 0 aromatic heterocycles. The first-order chi connectivity index (χ1) is 8.43. The van der Waals surface area contributed by atoms with Crippen LogP contribution in [0, 0.1) is 6.92 Å². The number of nitrogens with two attached hydrogens (primary N) is 1. The van der Waals surface area contributed by atoms with Crippen molar-refractivity contribution in [2.45, 2.75) is 32.9 Å². The number of aryl methyl sites for hydroxylation is 1. The van der Waals surface area contributed by atoms with Crippen molar-refractivity contribution < 1.29 is 9.53 Å². The summed E-state index contributed by atoms with van der Waals surface area (Å²) in [6.45, 7) is 5.97. The van der Waals surface area contributed by atoms with E-state index < -0.39 is 6.10 Å². The van der Waals surface area contributed by atoms with Gasteiger partial charge in [0.1, 0.15) is 5.75 Å². The third-order valence-electron chi connectivity index (χ3n) is 2.50. The SMILES string of the molecule is Cc1ccc(OC(C)C(=O)N[C@@H](C)CN)c(Br)c1. The van der Waals surface area contributed by atoms with Crippen LogP contribution < -0.4 is 15.8 Å². The van der Waals surface area contributed by atoms with E-state index in [9.17, 15) is 4.79 Å². The number of carbonyl (C=O) groups excluding carboxylic acids is 1. The van der Waals surface area contributed by atoms with Crippen molar-refractivity contribution >= 4 is 21.8 Å². The Morgan fingerprint density at radius 1 is 1.50 bits per heavy atom. The Hall–Kier alpha value is -1.07. The lowest BCUT2D eigenvalue weighted by molar-refractivity contribution is -0.127. The van der Waals surface area contributed by atoms with Crippen LogP contribution in [0.4, 0.5) is 0 Å². The highest BCUT2D eigenvalue weighted by molar-refractivity contribution is 9.10.